The van der Waals surface area contributed by atoms with E-state index < -0.39 is 12.0 Å². The molecule has 2 rings (SSSR count). The summed E-state index contributed by atoms with van der Waals surface area (Å²) in [6, 6.07) is 13.7. The average molecular weight is 357 g/mol. The van der Waals surface area contributed by atoms with Crippen LogP contribution in [0.2, 0.25) is 0 Å². The summed E-state index contributed by atoms with van der Waals surface area (Å²) < 4.78 is 15.3. The molecule has 6 nitrogen and oxygen atoms in total. The van der Waals surface area contributed by atoms with Crippen LogP contribution in [-0.4, -0.2) is 33.2 Å². The molecule has 2 aromatic rings. The molecular weight excluding hydrogens is 334 g/mol. The summed E-state index contributed by atoms with van der Waals surface area (Å²) in [4.78, 5) is 24.3. The Morgan fingerprint density at radius 3 is 2.27 bits per heavy atom. The highest BCUT2D eigenvalue weighted by molar-refractivity contribution is 5.85. The molecule has 0 aromatic heterocycles. The zero-order valence-electron chi connectivity index (χ0n) is 15.2. The van der Waals surface area contributed by atoms with Crippen molar-refractivity contribution in [2.45, 2.75) is 18.9 Å². The van der Waals surface area contributed by atoms with Crippen LogP contribution in [0, 0.1) is 0 Å². The van der Waals surface area contributed by atoms with Crippen molar-refractivity contribution in [2.75, 3.05) is 21.3 Å². The third kappa shape index (κ3) is 4.99. The number of carbonyl (C=O) groups excluding carboxylic acids is 2. The molecule has 0 saturated heterocycles. The number of hydrogen-bond donors (Lipinski definition) is 1. The molecule has 0 heterocycles. The van der Waals surface area contributed by atoms with Crippen molar-refractivity contribution in [1.82, 2.24) is 5.32 Å². The van der Waals surface area contributed by atoms with E-state index in [-0.39, 0.29) is 12.3 Å². The maximum Gasteiger partial charge on any atom is 0.333 e. The lowest BCUT2D eigenvalue weighted by molar-refractivity contribution is -0.145. The predicted octanol–water partition coefficient (Wildman–Crippen LogP) is 2.67. The first-order chi connectivity index (χ1) is 12.6. The van der Waals surface area contributed by atoms with Gasteiger partial charge in [0.15, 0.2) is 17.5 Å². The topological polar surface area (TPSA) is 73.9 Å². The monoisotopic (exact) mass is 357 g/mol. The van der Waals surface area contributed by atoms with Crippen molar-refractivity contribution in [3.8, 4) is 11.5 Å². The van der Waals surface area contributed by atoms with Crippen LogP contribution in [-0.2, 0) is 20.7 Å². The van der Waals surface area contributed by atoms with E-state index in [1.165, 1.54) is 7.11 Å². The Morgan fingerprint density at radius 2 is 1.65 bits per heavy atom. The van der Waals surface area contributed by atoms with Crippen molar-refractivity contribution in [1.29, 1.82) is 0 Å². The zero-order chi connectivity index (χ0) is 18.9. The molecule has 0 aliphatic carbocycles. The van der Waals surface area contributed by atoms with E-state index in [9.17, 15) is 9.59 Å². The van der Waals surface area contributed by atoms with E-state index in [0.717, 1.165) is 5.56 Å². The predicted molar refractivity (Wildman–Crippen MR) is 97.2 cm³/mol. The van der Waals surface area contributed by atoms with Crippen LogP contribution >= 0.6 is 0 Å². The molecule has 0 bridgehead atoms. The molecule has 6 heteroatoms. The van der Waals surface area contributed by atoms with Crippen LogP contribution in [0.3, 0.4) is 0 Å². The fraction of sp³-hybridized carbons (Fsp3) is 0.300. The molecule has 0 saturated carbocycles. The van der Waals surface area contributed by atoms with Gasteiger partial charge in [-0.25, -0.2) is 4.79 Å². The van der Waals surface area contributed by atoms with Crippen LogP contribution in [0.4, 0.5) is 0 Å². The maximum atomic E-state index is 12.3. The summed E-state index contributed by atoms with van der Waals surface area (Å²) in [5.41, 5.74) is 1.62. The third-order valence-electron chi connectivity index (χ3n) is 3.96. The van der Waals surface area contributed by atoms with Crippen molar-refractivity contribution < 1.29 is 23.8 Å². The minimum absolute atomic E-state index is 0.232. The molecule has 1 atom stereocenters. The number of aryl methyl sites for hydroxylation is 1. The summed E-state index contributed by atoms with van der Waals surface area (Å²) in [6.45, 7) is 0. The summed E-state index contributed by atoms with van der Waals surface area (Å²) in [5, 5.41) is 2.74. The van der Waals surface area contributed by atoms with Crippen LogP contribution in [0.5, 0.6) is 11.5 Å². The number of amides is 1. The number of benzene rings is 2. The minimum Gasteiger partial charge on any atom is -0.493 e. The first kappa shape index (κ1) is 19.3. The Kier molecular flexibility index (Phi) is 7.02. The second-order valence-corrected chi connectivity index (χ2v) is 5.62. The van der Waals surface area contributed by atoms with E-state index in [1.54, 1.807) is 44.6 Å². The molecule has 138 valence electrons. The highest BCUT2D eigenvalue weighted by atomic mass is 16.5. The minimum atomic E-state index is -0.820. The molecule has 0 spiro atoms. The lowest BCUT2D eigenvalue weighted by Crippen LogP contribution is -2.34. The number of carbonyl (C=O) groups is 2. The summed E-state index contributed by atoms with van der Waals surface area (Å²) in [6.07, 6.45) is 0.741. The van der Waals surface area contributed by atoms with E-state index in [1.807, 2.05) is 18.2 Å². The van der Waals surface area contributed by atoms with Gasteiger partial charge < -0.3 is 19.5 Å². The van der Waals surface area contributed by atoms with Crippen LogP contribution in [0.1, 0.15) is 23.6 Å². The average Bonchev–Trinajstić information content (AvgIpc) is 2.70. The van der Waals surface area contributed by atoms with Crippen molar-refractivity contribution in [2.24, 2.45) is 0 Å². The summed E-state index contributed by atoms with van der Waals surface area (Å²) in [7, 11) is 4.44. The molecule has 1 amide bonds. The Hall–Kier alpha value is -3.02. The number of methoxy groups -OCH3 is 3. The Bertz CT molecular complexity index is 745. The molecular formula is C20H23NO5. The Labute approximate surface area is 153 Å². The Balaban J connectivity index is 2.01. The van der Waals surface area contributed by atoms with Gasteiger partial charge in [0.1, 0.15) is 0 Å². The van der Waals surface area contributed by atoms with Crippen molar-refractivity contribution in [3.05, 3.63) is 59.7 Å². The molecule has 1 N–H and O–H groups in total. The van der Waals surface area contributed by atoms with Gasteiger partial charge >= 0.3 is 5.97 Å². The smallest absolute Gasteiger partial charge is 0.333 e. The number of ether oxygens (including phenoxy) is 3. The van der Waals surface area contributed by atoms with Crippen molar-refractivity contribution in [3.63, 3.8) is 0 Å². The van der Waals surface area contributed by atoms with E-state index in [0.29, 0.717) is 23.5 Å². The fourth-order valence-corrected chi connectivity index (χ4v) is 2.57. The summed E-state index contributed by atoms with van der Waals surface area (Å²) >= 11 is 0. The number of rotatable bonds is 8. The van der Waals surface area contributed by atoms with Gasteiger partial charge in [0.2, 0.25) is 5.91 Å². The lowest BCUT2D eigenvalue weighted by Gasteiger charge is -2.17. The van der Waals surface area contributed by atoms with Crippen LogP contribution in [0.25, 0.3) is 0 Å². The number of hydrogen-bond acceptors (Lipinski definition) is 5. The van der Waals surface area contributed by atoms with Gasteiger partial charge in [-0.2, -0.15) is 0 Å². The van der Waals surface area contributed by atoms with Crippen LogP contribution < -0.4 is 14.8 Å². The van der Waals surface area contributed by atoms with Gasteiger partial charge in [-0.3, -0.25) is 4.79 Å². The Morgan fingerprint density at radius 1 is 0.962 bits per heavy atom. The molecule has 26 heavy (non-hydrogen) atoms. The van der Waals surface area contributed by atoms with Gasteiger partial charge in [0.05, 0.1) is 21.3 Å². The van der Waals surface area contributed by atoms with E-state index in [2.05, 4.69) is 5.32 Å². The van der Waals surface area contributed by atoms with Gasteiger partial charge in [-0.15, -0.1) is 0 Å². The maximum absolute atomic E-state index is 12.3. The largest absolute Gasteiger partial charge is 0.493 e. The first-order valence-corrected chi connectivity index (χ1v) is 8.22. The number of nitrogens with one attached hydrogen (secondary N) is 1. The van der Waals surface area contributed by atoms with Gasteiger partial charge in [0, 0.05) is 6.42 Å². The summed E-state index contributed by atoms with van der Waals surface area (Å²) in [5.74, 6) is 0.507. The van der Waals surface area contributed by atoms with Crippen molar-refractivity contribution >= 4 is 11.9 Å². The van der Waals surface area contributed by atoms with E-state index >= 15 is 0 Å². The third-order valence-corrected chi connectivity index (χ3v) is 3.96. The van der Waals surface area contributed by atoms with Gasteiger partial charge in [-0.1, -0.05) is 36.4 Å². The second-order valence-electron chi connectivity index (χ2n) is 5.62. The first-order valence-electron chi connectivity index (χ1n) is 8.22. The SMILES string of the molecule is COC(=O)C(NC(=O)CCc1ccc(OC)c(OC)c1)c1ccccc1. The molecule has 2 aromatic carbocycles. The van der Waals surface area contributed by atoms with Gasteiger partial charge in [0.25, 0.3) is 0 Å². The fourth-order valence-electron chi connectivity index (χ4n) is 2.57. The lowest BCUT2D eigenvalue weighted by atomic mass is 10.1. The highest BCUT2D eigenvalue weighted by Crippen LogP contribution is 2.28. The molecule has 0 aliphatic rings. The molecule has 0 aliphatic heterocycles. The number of esters is 1. The van der Waals surface area contributed by atoms with Gasteiger partial charge in [-0.05, 0) is 29.7 Å². The highest BCUT2D eigenvalue weighted by Gasteiger charge is 2.23. The molecule has 0 fully saturated rings. The quantitative estimate of drug-likeness (QED) is 0.735. The normalized spacial score (nSPS) is 11.3. The van der Waals surface area contributed by atoms with E-state index in [4.69, 9.17) is 14.2 Å². The second kappa shape index (κ2) is 9.46. The zero-order valence-corrected chi connectivity index (χ0v) is 15.2. The standard InChI is InChI=1S/C20H23NO5/c1-24-16-11-9-14(13-17(16)25-2)10-12-18(22)21-19(20(23)26-3)15-7-5-4-6-8-15/h4-9,11,13,19H,10,12H2,1-3H3,(H,21,22). The van der Waals surface area contributed by atoms with Crippen LogP contribution in [0.15, 0.2) is 48.5 Å². The molecule has 1 unspecified atom stereocenters. The molecule has 0 radical (unpaired) electrons.